The number of carbonyl (C=O) groups is 2. The normalized spacial score (nSPS) is 15.0. The first kappa shape index (κ1) is 15.5. The van der Waals surface area contributed by atoms with E-state index in [1.54, 1.807) is 29.2 Å². The molecule has 0 aromatic heterocycles. The third kappa shape index (κ3) is 4.04. The quantitative estimate of drug-likeness (QED) is 0.871. The first-order valence-corrected chi connectivity index (χ1v) is 7.41. The Hall–Kier alpha value is -1.88. The first-order chi connectivity index (χ1) is 10.1. The van der Waals surface area contributed by atoms with Gasteiger partial charge in [0, 0.05) is 30.8 Å². The number of hydrogen-bond donors (Lipinski definition) is 2. The van der Waals surface area contributed by atoms with Gasteiger partial charge >= 0.3 is 0 Å². The molecule has 1 aliphatic rings. The van der Waals surface area contributed by atoms with E-state index in [1.165, 1.54) is 6.92 Å². The number of anilines is 1. The molecule has 5 nitrogen and oxygen atoms in total. The Balaban J connectivity index is 2.17. The van der Waals surface area contributed by atoms with Gasteiger partial charge in [-0.1, -0.05) is 18.9 Å². The predicted molar refractivity (Wildman–Crippen MR) is 81.1 cm³/mol. The fraction of sp³-hybridized carbons (Fsp3) is 0.500. The Morgan fingerprint density at radius 3 is 2.67 bits per heavy atom. The van der Waals surface area contributed by atoms with Gasteiger partial charge in [0.05, 0.1) is 6.61 Å². The Morgan fingerprint density at radius 1 is 1.33 bits per heavy atom. The Morgan fingerprint density at radius 2 is 2.05 bits per heavy atom. The van der Waals surface area contributed by atoms with Gasteiger partial charge in [0.2, 0.25) is 5.91 Å². The van der Waals surface area contributed by atoms with Gasteiger partial charge in [-0.15, -0.1) is 0 Å². The van der Waals surface area contributed by atoms with Crippen LogP contribution < -0.4 is 5.32 Å². The average Bonchev–Trinajstić information content (AvgIpc) is 2.97. The molecule has 0 unspecified atom stereocenters. The summed E-state index contributed by atoms with van der Waals surface area (Å²) >= 11 is 0. The minimum Gasteiger partial charge on any atom is -0.395 e. The summed E-state index contributed by atoms with van der Waals surface area (Å²) in [6.07, 6.45) is 4.26. The molecule has 114 valence electrons. The monoisotopic (exact) mass is 290 g/mol. The van der Waals surface area contributed by atoms with Gasteiger partial charge in [0.25, 0.3) is 5.91 Å². The maximum atomic E-state index is 12.7. The number of carbonyl (C=O) groups excluding carboxylic acids is 2. The van der Waals surface area contributed by atoms with E-state index in [4.69, 9.17) is 0 Å². The summed E-state index contributed by atoms with van der Waals surface area (Å²) in [4.78, 5) is 25.5. The molecule has 5 heteroatoms. The van der Waals surface area contributed by atoms with Crippen LogP contribution in [0, 0.1) is 0 Å². The van der Waals surface area contributed by atoms with Gasteiger partial charge in [-0.2, -0.15) is 0 Å². The number of nitrogens with zero attached hydrogens (tertiary/aromatic N) is 1. The van der Waals surface area contributed by atoms with Crippen molar-refractivity contribution in [3.8, 4) is 0 Å². The van der Waals surface area contributed by atoms with E-state index in [2.05, 4.69) is 5.32 Å². The Kier molecular flexibility index (Phi) is 5.33. The summed E-state index contributed by atoms with van der Waals surface area (Å²) in [7, 11) is 0. The van der Waals surface area contributed by atoms with E-state index >= 15 is 0 Å². The van der Waals surface area contributed by atoms with Crippen molar-refractivity contribution in [2.45, 2.75) is 38.6 Å². The van der Waals surface area contributed by atoms with Crippen molar-refractivity contribution in [1.29, 1.82) is 0 Å². The maximum absolute atomic E-state index is 12.7. The Bertz CT molecular complexity index is 510. The Labute approximate surface area is 125 Å². The van der Waals surface area contributed by atoms with Crippen molar-refractivity contribution in [2.24, 2.45) is 0 Å². The third-order valence-corrected chi connectivity index (χ3v) is 3.80. The highest BCUT2D eigenvalue weighted by molar-refractivity contribution is 5.97. The number of amides is 2. The fourth-order valence-electron chi connectivity index (χ4n) is 2.87. The maximum Gasteiger partial charge on any atom is 0.254 e. The SMILES string of the molecule is CC(=O)Nc1cccc(C(=O)N(CCO)C2CCCC2)c1. The summed E-state index contributed by atoms with van der Waals surface area (Å²) in [6.45, 7) is 1.76. The molecule has 1 aromatic carbocycles. The molecule has 1 aliphatic carbocycles. The molecule has 2 rings (SSSR count). The van der Waals surface area contributed by atoms with E-state index in [0.717, 1.165) is 25.7 Å². The van der Waals surface area contributed by atoms with Crippen molar-refractivity contribution in [2.75, 3.05) is 18.5 Å². The van der Waals surface area contributed by atoms with Crippen molar-refractivity contribution in [3.63, 3.8) is 0 Å². The lowest BCUT2D eigenvalue weighted by Crippen LogP contribution is -2.40. The van der Waals surface area contributed by atoms with Crippen LogP contribution in [0.2, 0.25) is 0 Å². The molecule has 1 aromatic rings. The lowest BCUT2D eigenvalue weighted by Gasteiger charge is -2.28. The fourth-order valence-corrected chi connectivity index (χ4v) is 2.87. The van der Waals surface area contributed by atoms with E-state index in [9.17, 15) is 14.7 Å². The largest absolute Gasteiger partial charge is 0.395 e. The second-order valence-corrected chi connectivity index (χ2v) is 5.42. The van der Waals surface area contributed by atoms with Crippen LogP contribution in [0.3, 0.4) is 0 Å². The molecule has 1 fully saturated rings. The second-order valence-electron chi connectivity index (χ2n) is 5.42. The van der Waals surface area contributed by atoms with Crippen LogP contribution in [0.15, 0.2) is 24.3 Å². The predicted octanol–water partition coefficient (Wildman–Crippen LogP) is 2.02. The smallest absolute Gasteiger partial charge is 0.254 e. The van der Waals surface area contributed by atoms with Crippen molar-refractivity contribution in [3.05, 3.63) is 29.8 Å². The highest BCUT2D eigenvalue weighted by Crippen LogP contribution is 2.25. The zero-order chi connectivity index (χ0) is 15.2. The summed E-state index contributed by atoms with van der Waals surface area (Å²) in [5, 5.41) is 11.9. The topological polar surface area (TPSA) is 69.6 Å². The van der Waals surface area contributed by atoms with Gasteiger partial charge < -0.3 is 15.3 Å². The minimum atomic E-state index is -0.164. The van der Waals surface area contributed by atoms with Crippen LogP contribution in [0.4, 0.5) is 5.69 Å². The molecular formula is C16H22N2O3. The third-order valence-electron chi connectivity index (χ3n) is 3.80. The van der Waals surface area contributed by atoms with Gasteiger partial charge in [-0.25, -0.2) is 0 Å². The molecule has 1 saturated carbocycles. The molecular weight excluding hydrogens is 268 g/mol. The van der Waals surface area contributed by atoms with Gasteiger partial charge in [0.15, 0.2) is 0 Å². The summed E-state index contributed by atoms with van der Waals surface area (Å²) in [5.41, 5.74) is 1.16. The van der Waals surface area contributed by atoms with Crippen LogP contribution in [-0.2, 0) is 4.79 Å². The van der Waals surface area contributed by atoms with E-state index in [0.29, 0.717) is 17.8 Å². The van der Waals surface area contributed by atoms with Crippen molar-refractivity contribution < 1.29 is 14.7 Å². The van der Waals surface area contributed by atoms with Crippen LogP contribution in [-0.4, -0.2) is 41.0 Å². The second kappa shape index (κ2) is 7.22. The summed E-state index contributed by atoms with van der Waals surface area (Å²) in [6, 6.07) is 7.15. The van der Waals surface area contributed by atoms with E-state index in [-0.39, 0.29) is 24.5 Å². The van der Waals surface area contributed by atoms with Gasteiger partial charge in [-0.3, -0.25) is 9.59 Å². The zero-order valence-corrected chi connectivity index (χ0v) is 12.3. The summed E-state index contributed by atoms with van der Waals surface area (Å²) in [5.74, 6) is -0.245. The molecule has 2 N–H and O–H groups in total. The molecule has 0 bridgehead atoms. The molecule has 0 aliphatic heterocycles. The number of nitrogens with one attached hydrogen (secondary N) is 1. The average molecular weight is 290 g/mol. The highest BCUT2D eigenvalue weighted by atomic mass is 16.3. The van der Waals surface area contributed by atoms with Crippen molar-refractivity contribution in [1.82, 2.24) is 4.90 Å². The van der Waals surface area contributed by atoms with Crippen LogP contribution in [0.25, 0.3) is 0 Å². The molecule has 0 saturated heterocycles. The van der Waals surface area contributed by atoms with Gasteiger partial charge in [0.1, 0.15) is 0 Å². The van der Waals surface area contributed by atoms with Crippen LogP contribution in [0.1, 0.15) is 43.0 Å². The lowest BCUT2D eigenvalue weighted by atomic mass is 10.1. The lowest BCUT2D eigenvalue weighted by molar-refractivity contribution is -0.114. The summed E-state index contributed by atoms with van der Waals surface area (Å²) < 4.78 is 0. The van der Waals surface area contributed by atoms with Crippen molar-refractivity contribution >= 4 is 17.5 Å². The molecule has 0 heterocycles. The molecule has 0 radical (unpaired) electrons. The van der Waals surface area contributed by atoms with E-state index < -0.39 is 0 Å². The number of rotatable bonds is 5. The standard InChI is InChI=1S/C16H22N2O3/c1-12(20)17-14-6-4-5-13(11-14)16(21)18(9-10-19)15-7-2-3-8-15/h4-6,11,15,19H,2-3,7-10H2,1H3,(H,17,20). The molecule has 0 atom stereocenters. The number of aliphatic hydroxyl groups excluding tert-OH is 1. The number of benzene rings is 1. The molecule has 0 spiro atoms. The number of aliphatic hydroxyl groups is 1. The van der Waals surface area contributed by atoms with E-state index in [1.807, 2.05) is 0 Å². The zero-order valence-electron chi connectivity index (χ0n) is 12.3. The van der Waals surface area contributed by atoms with Gasteiger partial charge in [-0.05, 0) is 31.0 Å². The van der Waals surface area contributed by atoms with Crippen LogP contribution >= 0.6 is 0 Å². The highest BCUT2D eigenvalue weighted by Gasteiger charge is 2.27. The molecule has 2 amide bonds. The number of hydrogen-bond acceptors (Lipinski definition) is 3. The van der Waals surface area contributed by atoms with Crippen LogP contribution in [0.5, 0.6) is 0 Å². The molecule has 21 heavy (non-hydrogen) atoms. The first-order valence-electron chi connectivity index (χ1n) is 7.41. The minimum absolute atomic E-state index is 0.0341.